The number of aryl methyl sites for hydroxylation is 1. The van der Waals surface area contributed by atoms with Gasteiger partial charge in [-0.1, -0.05) is 0 Å². The Morgan fingerprint density at radius 3 is 2.32 bits per heavy atom. The highest BCUT2D eigenvalue weighted by molar-refractivity contribution is 6.03. The van der Waals surface area contributed by atoms with Crippen molar-refractivity contribution in [2.45, 2.75) is 13.3 Å². The molecule has 129 valence electrons. The molecule has 0 aliphatic carbocycles. The molecule has 0 aliphatic rings. The van der Waals surface area contributed by atoms with Crippen molar-refractivity contribution in [3.63, 3.8) is 0 Å². The summed E-state index contributed by atoms with van der Waals surface area (Å²) in [5.74, 6) is -0.107. The van der Waals surface area contributed by atoms with Crippen molar-refractivity contribution >= 4 is 16.8 Å². The Hall–Kier alpha value is -2.96. The number of rotatable bonds is 3. The molecule has 7 heteroatoms. The third-order valence-electron chi connectivity index (χ3n) is 3.63. The number of methoxy groups -OCH3 is 1. The lowest BCUT2D eigenvalue weighted by atomic mass is 10.2. The van der Waals surface area contributed by atoms with E-state index in [1.54, 1.807) is 32.2 Å². The fourth-order valence-electron chi connectivity index (χ4n) is 2.56. The fraction of sp³-hybridized carbons (Fsp3) is 0.167. The van der Waals surface area contributed by atoms with E-state index in [9.17, 15) is 18.0 Å². The number of hydrogen-bond donors (Lipinski definition) is 0. The topological polar surface area (TPSA) is 40.5 Å². The first kappa shape index (κ1) is 16.9. The molecule has 0 bridgehead atoms. The average Bonchev–Trinajstić information content (AvgIpc) is 2.88. The SMILES string of the molecule is COc1ccc2c([c]c(C)n2C(=O)c2ccc(OC(F)(F)F)cc2)c1. The van der Waals surface area contributed by atoms with Gasteiger partial charge >= 0.3 is 6.36 Å². The Kier molecular flexibility index (Phi) is 4.16. The maximum atomic E-state index is 12.7. The highest BCUT2D eigenvalue weighted by Gasteiger charge is 2.31. The van der Waals surface area contributed by atoms with Crippen LogP contribution in [0.3, 0.4) is 0 Å². The lowest BCUT2D eigenvalue weighted by molar-refractivity contribution is -0.274. The minimum Gasteiger partial charge on any atom is -0.497 e. The van der Waals surface area contributed by atoms with Crippen LogP contribution in [0.4, 0.5) is 13.2 Å². The fourth-order valence-corrected chi connectivity index (χ4v) is 2.56. The van der Waals surface area contributed by atoms with Gasteiger partial charge in [0.15, 0.2) is 0 Å². The third-order valence-corrected chi connectivity index (χ3v) is 3.63. The zero-order valence-corrected chi connectivity index (χ0v) is 13.3. The van der Waals surface area contributed by atoms with E-state index in [-0.39, 0.29) is 17.2 Å². The van der Waals surface area contributed by atoms with Crippen LogP contribution in [-0.4, -0.2) is 23.9 Å². The summed E-state index contributed by atoms with van der Waals surface area (Å²) >= 11 is 0. The quantitative estimate of drug-likeness (QED) is 0.707. The first-order valence-electron chi connectivity index (χ1n) is 7.27. The van der Waals surface area contributed by atoms with Gasteiger partial charge in [-0.05, 0) is 49.4 Å². The van der Waals surface area contributed by atoms with Gasteiger partial charge in [0, 0.05) is 22.7 Å². The Bertz CT molecular complexity index is 927. The second-order valence-corrected chi connectivity index (χ2v) is 5.31. The number of fused-ring (bicyclic) bond motifs is 1. The van der Waals surface area contributed by atoms with Gasteiger partial charge in [-0.15, -0.1) is 13.2 Å². The Morgan fingerprint density at radius 1 is 1.08 bits per heavy atom. The van der Waals surface area contributed by atoms with Gasteiger partial charge in [0.1, 0.15) is 11.5 Å². The van der Waals surface area contributed by atoms with E-state index < -0.39 is 6.36 Å². The van der Waals surface area contributed by atoms with Gasteiger partial charge in [-0.2, -0.15) is 0 Å². The molecule has 0 N–H and O–H groups in total. The highest BCUT2D eigenvalue weighted by atomic mass is 19.4. The van der Waals surface area contributed by atoms with Gasteiger partial charge in [0.2, 0.25) is 0 Å². The maximum Gasteiger partial charge on any atom is 0.573 e. The zero-order chi connectivity index (χ0) is 18.2. The van der Waals surface area contributed by atoms with Crippen molar-refractivity contribution in [1.82, 2.24) is 4.57 Å². The molecule has 2 aromatic carbocycles. The summed E-state index contributed by atoms with van der Waals surface area (Å²) in [5, 5.41) is 0.710. The number of alkyl halides is 3. The molecule has 0 aliphatic heterocycles. The summed E-state index contributed by atoms with van der Waals surface area (Å²) < 4.78 is 47.0. The van der Waals surface area contributed by atoms with Gasteiger partial charge < -0.3 is 9.47 Å². The van der Waals surface area contributed by atoms with Crippen molar-refractivity contribution in [2.75, 3.05) is 7.11 Å². The molecule has 0 amide bonds. The predicted molar refractivity (Wildman–Crippen MR) is 84.9 cm³/mol. The second kappa shape index (κ2) is 6.16. The number of carbonyl (C=O) groups is 1. The maximum absolute atomic E-state index is 12.7. The molecular weight excluding hydrogens is 335 g/mol. The van der Waals surface area contributed by atoms with E-state index in [4.69, 9.17) is 4.74 Å². The van der Waals surface area contributed by atoms with E-state index in [1.807, 2.05) is 0 Å². The molecule has 0 saturated heterocycles. The van der Waals surface area contributed by atoms with Gasteiger partial charge in [0.25, 0.3) is 5.91 Å². The van der Waals surface area contributed by atoms with Crippen LogP contribution in [0, 0.1) is 13.0 Å². The summed E-state index contributed by atoms with van der Waals surface area (Å²) in [6.45, 7) is 1.73. The summed E-state index contributed by atoms with van der Waals surface area (Å²) in [5.41, 5.74) is 1.46. The number of hydrogen-bond acceptors (Lipinski definition) is 3. The molecule has 0 unspecified atom stereocenters. The van der Waals surface area contributed by atoms with Crippen molar-refractivity contribution < 1.29 is 27.4 Å². The Labute approximate surface area is 141 Å². The van der Waals surface area contributed by atoms with Crippen LogP contribution in [0.2, 0.25) is 0 Å². The summed E-state index contributed by atoms with van der Waals surface area (Å²) in [6, 6.07) is 13.1. The van der Waals surface area contributed by atoms with Crippen LogP contribution >= 0.6 is 0 Å². The molecular formula is C18H13F3NO3. The molecule has 25 heavy (non-hydrogen) atoms. The highest BCUT2D eigenvalue weighted by Crippen LogP contribution is 2.26. The Morgan fingerprint density at radius 2 is 1.72 bits per heavy atom. The molecule has 0 spiro atoms. The average molecular weight is 348 g/mol. The van der Waals surface area contributed by atoms with Gasteiger partial charge in [0.05, 0.1) is 12.6 Å². The van der Waals surface area contributed by atoms with Crippen molar-refractivity contribution in [1.29, 1.82) is 0 Å². The summed E-state index contributed by atoms with van der Waals surface area (Å²) in [7, 11) is 1.54. The molecule has 3 aromatic rings. The van der Waals surface area contributed by atoms with E-state index in [2.05, 4.69) is 10.8 Å². The largest absolute Gasteiger partial charge is 0.573 e. The van der Waals surface area contributed by atoms with E-state index in [0.717, 1.165) is 12.1 Å². The normalized spacial score (nSPS) is 11.6. The second-order valence-electron chi connectivity index (χ2n) is 5.31. The van der Waals surface area contributed by atoms with Gasteiger partial charge in [-0.3, -0.25) is 9.36 Å². The van der Waals surface area contributed by atoms with Crippen molar-refractivity contribution in [3.8, 4) is 11.5 Å². The number of aromatic nitrogens is 1. The van der Waals surface area contributed by atoms with Crippen LogP contribution in [0.25, 0.3) is 10.9 Å². The van der Waals surface area contributed by atoms with Crippen molar-refractivity contribution in [2.24, 2.45) is 0 Å². The van der Waals surface area contributed by atoms with E-state index >= 15 is 0 Å². The standard InChI is InChI=1S/C18H13F3NO3/c1-11-9-13-10-15(24-2)7-8-16(13)22(11)17(23)12-3-5-14(6-4-12)25-18(19,20)21/h3-8,10H,1-2H3. The smallest absolute Gasteiger partial charge is 0.497 e. The number of benzene rings is 2. The Balaban J connectivity index is 1.95. The summed E-state index contributed by atoms with van der Waals surface area (Å²) in [4.78, 5) is 12.7. The molecule has 3 rings (SSSR count). The number of nitrogens with zero attached hydrogens (tertiary/aromatic N) is 1. The predicted octanol–water partition coefficient (Wildman–Crippen LogP) is 4.35. The molecule has 1 heterocycles. The van der Waals surface area contributed by atoms with Crippen LogP contribution in [0.1, 0.15) is 16.1 Å². The van der Waals surface area contributed by atoms with Crippen LogP contribution in [0.15, 0.2) is 42.5 Å². The molecule has 0 atom stereocenters. The van der Waals surface area contributed by atoms with Crippen LogP contribution < -0.4 is 9.47 Å². The molecule has 1 radical (unpaired) electrons. The molecule has 1 aromatic heterocycles. The first-order chi connectivity index (χ1) is 11.8. The number of ether oxygens (including phenoxy) is 2. The number of halogens is 3. The molecule has 4 nitrogen and oxygen atoms in total. The van der Waals surface area contributed by atoms with Gasteiger partial charge in [-0.25, -0.2) is 0 Å². The lowest BCUT2D eigenvalue weighted by Crippen LogP contribution is -2.17. The third kappa shape index (κ3) is 3.45. The monoisotopic (exact) mass is 348 g/mol. The lowest BCUT2D eigenvalue weighted by Gasteiger charge is -2.10. The first-order valence-corrected chi connectivity index (χ1v) is 7.27. The molecule has 0 saturated carbocycles. The zero-order valence-electron chi connectivity index (χ0n) is 13.3. The van der Waals surface area contributed by atoms with Crippen LogP contribution in [-0.2, 0) is 0 Å². The minimum atomic E-state index is -4.77. The minimum absolute atomic E-state index is 0.236. The van der Waals surface area contributed by atoms with E-state index in [1.165, 1.54) is 16.7 Å². The van der Waals surface area contributed by atoms with Crippen molar-refractivity contribution in [3.05, 3.63) is 59.8 Å². The summed E-state index contributed by atoms with van der Waals surface area (Å²) in [6.07, 6.45) is -4.77. The van der Waals surface area contributed by atoms with E-state index in [0.29, 0.717) is 22.3 Å². The molecule has 0 fully saturated rings. The number of carbonyl (C=O) groups excluding carboxylic acids is 1. The van der Waals surface area contributed by atoms with Crippen LogP contribution in [0.5, 0.6) is 11.5 Å².